The van der Waals surface area contributed by atoms with Crippen LogP contribution in [0.25, 0.3) is 39.5 Å². The Morgan fingerprint density at radius 1 is 0.571 bits per heavy atom. The van der Waals surface area contributed by atoms with Crippen LogP contribution in [-0.4, -0.2) is 110 Å². The van der Waals surface area contributed by atoms with Gasteiger partial charge >= 0.3 is 43.7 Å². The topological polar surface area (TPSA) is 179 Å². The minimum Gasteiger partial charge on any atom is -0.399 e. The number of hydrogen-bond donors (Lipinski definition) is 1. The zero-order valence-corrected chi connectivity index (χ0v) is 40.8. The van der Waals surface area contributed by atoms with Crippen molar-refractivity contribution in [3.05, 3.63) is 105 Å². The van der Waals surface area contributed by atoms with Gasteiger partial charge in [0.25, 0.3) is 11.1 Å². The second kappa shape index (κ2) is 19.2. The average Bonchev–Trinajstić information content (AvgIpc) is 4.15. The summed E-state index contributed by atoms with van der Waals surface area (Å²) in [6, 6.07) is 0. The normalized spacial score (nSPS) is 15.3. The van der Waals surface area contributed by atoms with Crippen LogP contribution in [0.2, 0.25) is 0 Å². The van der Waals surface area contributed by atoms with Crippen molar-refractivity contribution in [1.82, 2.24) is 67.4 Å². The van der Waals surface area contributed by atoms with Crippen molar-refractivity contribution in [2.75, 3.05) is 0 Å². The maximum atomic E-state index is 13.9. The van der Waals surface area contributed by atoms with Gasteiger partial charge in [-0.15, -0.1) is 0 Å². The summed E-state index contributed by atoms with van der Waals surface area (Å²) >= 11 is 0. The molecule has 0 atom stereocenters. The maximum Gasteiger partial charge on any atom is 0.498 e. The molecule has 1 aliphatic heterocycles. The monoisotopic (exact) mass is 1120 g/mol. The van der Waals surface area contributed by atoms with Crippen LogP contribution in [0.15, 0.2) is 71.6 Å². The molecule has 8 aromatic heterocycles. The fourth-order valence-electron chi connectivity index (χ4n) is 7.40. The number of fused-ring (bicyclic) bond motifs is 2. The summed E-state index contributed by atoms with van der Waals surface area (Å²) in [6.45, 7) is 7.20. The second-order valence-corrected chi connectivity index (χ2v) is 18.3. The quantitative estimate of drug-likeness (QED) is 0.117. The zero-order valence-electron chi connectivity index (χ0n) is 40.8. The standard InChI is InChI=1S/C18H13F8N7O.C14H9F8N5O.C10H17BN2O2/c1-9-5-32-14(34)12(10-3-28-31(6-10)8-16(19,20)18(24,25)26)13(17(21,22)23)29-15(32)33(9)11-4-27-30(2)7-11;1-6-3-27-10(28)8(9(13(17,18)19)25-11(27)24-6)7-2-23-26(4-7)5-12(15,16)14(20,21)22;1-9(2)10(3,4)15-11(14-9)8-6-12-13(5)7-8/h3-7H,8H2,1-2H3;2-4H,5H2,1H3,(H,24,25);6-7H,1-5H3. The highest BCUT2D eigenvalue weighted by Crippen LogP contribution is 2.41. The molecule has 1 fully saturated rings. The summed E-state index contributed by atoms with van der Waals surface area (Å²) in [5.41, 5.74) is -7.62. The van der Waals surface area contributed by atoms with Gasteiger partial charge in [0, 0.05) is 85.5 Å². The largest absolute Gasteiger partial charge is 0.498 e. The van der Waals surface area contributed by atoms with E-state index in [0.29, 0.717) is 41.9 Å². The molecule has 9 rings (SSSR count). The molecular weight excluding hydrogens is 1080 g/mol. The Kier molecular flexibility index (Phi) is 14.3. The predicted molar refractivity (Wildman–Crippen MR) is 236 cm³/mol. The Balaban J connectivity index is 0.000000180. The second-order valence-electron chi connectivity index (χ2n) is 18.3. The highest BCUT2D eigenvalue weighted by molar-refractivity contribution is 6.62. The smallest absolute Gasteiger partial charge is 0.399 e. The summed E-state index contributed by atoms with van der Waals surface area (Å²) in [7, 11) is 3.15. The Labute approximate surface area is 420 Å². The van der Waals surface area contributed by atoms with Crippen molar-refractivity contribution in [1.29, 1.82) is 0 Å². The molecule has 0 amide bonds. The number of hydrogen-bond acceptors (Lipinski definition) is 10. The highest BCUT2D eigenvalue weighted by Gasteiger charge is 2.59. The molecule has 77 heavy (non-hydrogen) atoms. The third-order valence-electron chi connectivity index (χ3n) is 11.8. The molecule has 0 aromatic carbocycles. The van der Waals surface area contributed by atoms with Gasteiger partial charge in [0.2, 0.25) is 11.6 Å². The molecule has 9 heterocycles. The molecule has 0 unspecified atom stereocenters. The van der Waals surface area contributed by atoms with Crippen LogP contribution in [0, 0.1) is 13.8 Å². The van der Waals surface area contributed by atoms with E-state index >= 15 is 0 Å². The van der Waals surface area contributed by atoms with E-state index < -0.39 is 106 Å². The van der Waals surface area contributed by atoms with Crippen molar-refractivity contribution < 1.29 is 79.6 Å². The van der Waals surface area contributed by atoms with E-state index in [2.05, 4.69) is 35.3 Å². The Bertz CT molecular complexity index is 3570. The molecule has 35 heteroatoms. The van der Waals surface area contributed by atoms with Gasteiger partial charge in [0.1, 0.15) is 13.1 Å². The number of halogens is 16. The maximum absolute atomic E-state index is 13.9. The first-order valence-electron chi connectivity index (χ1n) is 21.8. The number of aromatic nitrogens is 14. The lowest BCUT2D eigenvalue weighted by atomic mass is 9.82. The molecule has 8 aromatic rings. The van der Waals surface area contributed by atoms with Gasteiger partial charge in [-0.1, -0.05) is 0 Å². The lowest BCUT2D eigenvalue weighted by Gasteiger charge is -2.32. The van der Waals surface area contributed by atoms with Gasteiger partial charge in [0.15, 0.2) is 11.4 Å². The molecule has 18 nitrogen and oxygen atoms in total. The molecule has 0 aliphatic carbocycles. The van der Waals surface area contributed by atoms with E-state index in [4.69, 9.17) is 9.31 Å². The summed E-state index contributed by atoms with van der Waals surface area (Å²) in [6.07, 6.45) is -11.0. The molecule has 416 valence electrons. The van der Waals surface area contributed by atoms with Crippen LogP contribution in [0.5, 0.6) is 0 Å². The minimum atomic E-state index is -5.90. The molecule has 0 spiro atoms. The molecule has 0 radical (unpaired) electrons. The summed E-state index contributed by atoms with van der Waals surface area (Å²) in [4.78, 5) is 35.0. The van der Waals surface area contributed by atoms with E-state index in [9.17, 15) is 79.8 Å². The molecule has 1 aliphatic rings. The number of nitrogens with zero attached hydrogens (tertiary/aromatic N) is 13. The minimum absolute atomic E-state index is 0.111. The lowest BCUT2D eigenvalue weighted by molar-refractivity contribution is -0.287. The van der Waals surface area contributed by atoms with Crippen LogP contribution < -0.4 is 16.6 Å². The molecule has 1 saturated heterocycles. The third-order valence-corrected chi connectivity index (χ3v) is 11.8. The van der Waals surface area contributed by atoms with Crippen molar-refractivity contribution in [2.24, 2.45) is 14.1 Å². The summed E-state index contributed by atoms with van der Waals surface area (Å²) in [5, 5.41) is 14.6. The number of imidazole rings is 2. The highest BCUT2D eigenvalue weighted by atomic mass is 19.4. The molecule has 0 bridgehead atoms. The number of rotatable bonds is 8. The SMILES string of the molecule is Cc1cn2c(=O)c(-c3cnn(CC(F)(F)C(F)(F)F)c3)c(C(F)(F)F)nc2[nH]1.Cc1cn2c(=O)c(-c3cnn(CC(F)(F)C(F)(F)F)c3)c(C(F)(F)F)nc2n1-c1cnn(C)c1.Cn1cc(B2OC(C)(C)C(C)(C)O2)cn1. The van der Waals surface area contributed by atoms with Gasteiger partial charge in [-0.3, -0.25) is 41.7 Å². The first-order valence-corrected chi connectivity index (χ1v) is 21.8. The number of nitrogens with one attached hydrogen (secondary N) is 1. The predicted octanol–water partition coefficient (Wildman–Crippen LogP) is 7.74. The fourth-order valence-corrected chi connectivity index (χ4v) is 7.40. The molecule has 0 saturated carbocycles. The zero-order chi connectivity index (χ0) is 57.6. The van der Waals surface area contributed by atoms with Crippen molar-refractivity contribution >= 4 is 24.1 Å². The molecular formula is C42H39BF16N14O4. The molecule has 1 N–H and O–H groups in total. The Hall–Kier alpha value is -7.46. The number of aromatic amines is 1. The first-order chi connectivity index (χ1) is 35.1. The van der Waals surface area contributed by atoms with Crippen LogP contribution in [-0.2, 0) is 48.8 Å². The number of alkyl halides is 16. The average molecular weight is 1120 g/mol. The van der Waals surface area contributed by atoms with Gasteiger partial charge < -0.3 is 14.3 Å². The van der Waals surface area contributed by atoms with Gasteiger partial charge in [-0.25, -0.2) is 9.97 Å². The van der Waals surface area contributed by atoms with Crippen molar-refractivity contribution in [2.45, 2.75) is 102 Å². The van der Waals surface area contributed by atoms with E-state index in [0.717, 1.165) is 20.5 Å². The summed E-state index contributed by atoms with van der Waals surface area (Å²) < 4.78 is 227. The van der Waals surface area contributed by atoms with Crippen LogP contribution in [0.1, 0.15) is 50.5 Å². The van der Waals surface area contributed by atoms with Crippen LogP contribution >= 0.6 is 0 Å². The van der Waals surface area contributed by atoms with Gasteiger partial charge in [-0.05, 0) is 41.5 Å². The number of aryl methyl sites for hydroxylation is 4. The Morgan fingerprint density at radius 2 is 1.03 bits per heavy atom. The van der Waals surface area contributed by atoms with Crippen LogP contribution in [0.4, 0.5) is 70.2 Å². The first kappa shape index (κ1) is 57.3. The van der Waals surface area contributed by atoms with E-state index in [1.54, 1.807) is 17.9 Å². The van der Waals surface area contributed by atoms with Gasteiger partial charge in [-0.2, -0.15) is 90.6 Å². The van der Waals surface area contributed by atoms with E-state index in [1.165, 1.54) is 41.7 Å². The van der Waals surface area contributed by atoms with E-state index in [-0.39, 0.29) is 27.7 Å². The Morgan fingerprint density at radius 3 is 1.45 bits per heavy atom. The van der Waals surface area contributed by atoms with Crippen molar-refractivity contribution in [3.63, 3.8) is 0 Å². The van der Waals surface area contributed by atoms with Crippen molar-refractivity contribution in [3.8, 4) is 27.9 Å². The number of H-pyrrole nitrogens is 1. The fraction of sp³-hybridized carbons (Fsp3) is 0.429. The van der Waals surface area contributed by atoms with Gasteiger partial charge in [0.05, 0.1) is 46.6 Å². The van der Waals surface area contributed by atoms with Crippen LogP contribution in [0.3, 0.4) is 0 Å². The third kappa shape index (κ3) is 11.3. The van der Waals surface area contributed by atoms with E-state index in [1.807, 2.05) is 40.9 Å². The lowest BCUT2D eigenvalue weighted by Crippen LogP contribution is -2.41. The summed E-state index contributed by atoms with van der Waals surface area (Å²) in [5.74, 6) is -11.2.